The predicted octanol–water partition coefficient (Wildman–Crippen LogP) is 2.48. The Kier molecular flexibility index (Phi) is 3.39. The first-order valence-electron chi connectivity index (χ1n) is 3.92. The molecule has 0 N–H and O–H groups in total. The summed E-state index contributed by atoms with van der Waals surface area (Å²) in [6.07, 6.45) is 2.02. The molecule has 13 heavy (non-hydrogen) atoms. The van der Waals surface area contributed by atoms with Crippen molar-refractivity contribution in [3.05, 3.63) is 16.5 Å². The van der Waals surface area contributed by atoms with E-state index < -0.39 is 0 Å². The lowest BCUT2D eigenvalue weighted by molar-refractivity contribution is 0.0827. The SMILES string of the molecule is CSc1cc(C(=O)N(C)C)c(C)s1. The topological polar surface area (TPSA) is 20.3 Å². The molecule has 0 saturated carbocycles. The van der Waals surface area contributed by atoms with Gasteiger partial charge >= 0.3 is 0 Å². The standard InChI is InChI=1S/C9H13NOS2/c1-6-7(9(11)10(2)3)5-8(12-4)13-6/h5H,1-4H3. The second-order valence-corrected chi connectivity index (χ2v) is 5.30. The smallest absolute Gasteiger partial charge is 0.254 e. The zero-order valence-corrected chi connectivity index (χ0v) is 9.88. The fraction of sp³-hybridized carbons (Fsp3) is 0.444. The molecule has 0 aliphatic carbocycles. The maximum absolute atomic E-state index is 11.6. The van der Waals surface area contributed by atoms with E-state index in [1.54, 1.807) is 42.1 Å². The molecule has 0 aliphatic rings. The van der Waals surface area contributed by atoms with Crippen LogP contribution >= 0.6 is 23.1 Å². The Labute approximate surface area is 86.9 Å². The number of thioether (sulfide) groups is 1. The maximum atomic E-state index is 11.6. The Balaban J connectivity index is 3.00. The van der Waals surface area contributed by atoms with Crippen molar-refractivity contribution in [2.75, 3.05) is 20.4 Å². The van der Waals surface area contributed by atoms with Crippen LogP contribution in [-0.2, 0) is 0 Å². The fourth-order valence-corrected chi connectivity index (χ4v) is 2.69. The van der Waals surface area contributed by atoms with Gasteiger partial charge in [-0.3, -0.25) is 4.79 Å². The molecule has 0 aromatic carbocycles. The molecule has 0 aliphatic heterocycles. The van der Waals surface area contributed by atoms with E-state index >= 15 is 0 Å². The summed E-state index contributed by atoms with van der Waals surface area (Å²) in [5, 5.41) is 0. The number of carbonyl (C=O) groups is 1. The van der Waals surface area contributed by atoms with Crippen molar-refractivity contribution in [1.82, 2.24) is 4.90 Å². The number of hydrogen-bond acceptors (Lipinski definition) is 3. The molecule has 0 atom stereocenters. The summed E-state index contributed by atoms with van der Waals surface area (Å²) >= 11 is 3.36. The predicted molar refractivity (Wildman–Crippen MR) is 58.9 cm³/mol. The summed E-state index contributed by atoms with van der Waals surface area (Å²) in [6.45, 7) is 1.99. The zero-order chi connectivity index (χ0) is 10.0. The molecule has 0 unspecified atom stereocenters. The van der Waals surface area contributed by atoms with Crippen molar-refractivity contribution >= 4 is 29.0 Å². The number of nitrogens with zero attached hydrogens (tertiary/aromatic N) is 1. The molecule has 1 amide bonds. The summed E-state index contributed by atoms with van der Waals surface area (Å²) in [5.41, 5.74) is 0.833. The second kappa shape index (κ2) is 4.15. The number of thiophene rings is 1. The first-order chi connectivity index (χ1) is 6.06. The summed E-state index contributed by atoms with van der Waals surface area (Å²) < 4.78 is 1.20. The van der Waals surface area contributed by atoms with Gasteiger partial charge in [-0.2, -0.15) is 0 Å². The molecule has 0 radical (unpaired) electrons. The largest absolute Gasteiger partial charge is 0.345 e. The number of aryl methyl sites for hydroxylation is 1. The molecule has 2 nitrogen and oxygen atoms in total. The van der Waals surface area contributed by atoms with E-state index in [0.717, 1.165) is 10.4 Å². The zero-order valence-electron chi connectivity index (χ0n) is 8.25. The first-order valence-corrected chi connectivity index (χ1v) is 5.96. The Morgan fingerprint density at radius 3 is 2.54 bits per heavy atom. The summed E-state index contributed by atoms with van der Waals surface area (Å²) in [7, 11) is 3.55. The average Bonchev–Trinajstić information content (AvgIpc) is 2.45. The van der Waals surface area contributed by atoms with E-state index in [9.17, 15) is 4.79 Å². The number of hydrogen-bond donors (Lipinski definition) is 0. The van der Waals surface area contributed by atoms with Crippen LogP contribution < -0.4 is 0 Å². The van der Waals surface area contributed by atoms with Crippen LogP contribution in [0.3, 0.4) is 0 Å². The highest BCUT2D eigenvalue weighted by molar-refractivity contribution is 8.00. The summed E-state index contributed by atoms with van der Waals surface area (Å²) in [6, 6.07) is 1.97. The van der Waals surface area contributed by atoms with E-state index in [0.29, 0.717) is 0 Å². The Hall–Kier alpha value is -0.480. The molecule has 0 saturated heterocycles. The third-order valence-electron chi connectivity index (χ3n) is 1.73. The summed E-state index contributed by atoms with van der Waals surface area (Å²) in [4.78, 5) is 14.3. The lowest BCUT2D eigenvalue weighted by Crippen LogP contribution is -2.21. The van der Waals surface area contributed by atoms with Crippen LogP contribution in [0, 0.1) is 6.92 Å². The molecule has 0 fully saturated rings. The molecule has 0 spiro atoms. The van der Waals surface area contributed by atoms with Crippen LogP contribution in [0.2, 0.25) is 0 Å². The fourth-order valence-electron chi connectivity index (χ4n) is 1.01. The van der Waals surface area contributed by atoms with Crippen molar-refractivity contribution in [2.24, 2.45) is 0 Å². The van der Waals surface area contributed by atoms with Crippen LogP contribution in [-0.4, -0.2) is 31.2 Å². The van der Waals surface area contributed by atoms with Crippen molar-refractivity contribution in [2.45, 2.75) is 11.1 Å². The highest BCUT2D eigenvalue weighted by Gasteiger charge is 2.14. The van der Waals surface area contributed by atoms with Gasteiger partial charge in [0, 0.05) is 19.0 Å². The van der Waals surface area contributed by atoms with Crippen LogP contribution in [0.4, 0.5) is 0 Å². The van der Waals surface area contributed by atoms with Gasteiger partial charge in [-0.25, -0.2) is 0 Å². The van der Waals surface area contributed by atoms with Crippen molar-refractivity contribution < 1.29 is 4.79 Å². The van der Waals surface area contributed by atoms with Gasteiger partial charge in [-0.15, -0.1) is 23.1 Å². The molecule has 72 valence electrons. The quantitative estimate of drug-likeness (QED) is 0.706. The Morgan fingerprint density at radius 2 is 2.15 bits per heavy atom. The van der Waals surface area contributed by atoms with E-state index in [2.05, 4.69) is 0 Å². The van der Waals surface area contributed by atoms with Crippen LogP contribution in [0.1, 0.15) is 15.2 Å². The average molecular weight is 215 g/mol. The molecule has 4 heteroatoms. The minimum absolute atomic E-state index is 0.0917. The van der Waals surface area contributed by atoms with Gasteiger partial charge in [0.25, 0.3) is 5.91 Å². The van der Waals surface area contributed by atoms with Crippen molar-refractivity contribution in [1.29, 1.82) is 0 Å². The third kappa shape index (κ3) is 2.25. The molecule has 1 heterocycles. The molecule has 0 bridgehead atoms. The van der Waals surface area contributed by atoms with Gasteiger partial charge in [0.2, 0.25) is 0 Å². The van der Waals surface area contributed by atoms with Crippen LogP contribution in [0.5, 0.6) is 0 Å². The molecule has 1 aromatic rings. The van der Waals surface area contributed by atoms with Gasteiger partial charge in [-0.1, -0.05) is 0 Å². The second-order valence-electron chi connectivity index (χ2n) is 2.94. The van der Waals surface area contributed by atoms with Crippen LogP contribution in [0.15, 0.2) is 10.3 Å². The van der Waals surface area contributed by atoms with Gasteiger partial charge in [0.05, 0.1) is 9.77 Å². The van der Waals surface area contributed by atoms with Gasteiger partial charge in [0.1, 0.15) is 0 Å². The van der Waals surface area contributed by atoms with E-state index in [-0.39, 0.29) is 5.91 Å². The highest BCUT2D eigenvalue weighted by atomic mass is 32.2. The monoisotopic (exact) mass is 215 g/mol. The normalized spacial score (nSPS) is 10.2. The van der Waals surface area contributed by atoms with Crippen LogP contribution in [0.25, 0.3) is 0 Å². The Bertz CT molecular complexity index is 317. The minimum Gasteiger partial charge on any atom is -0.345 e. The summed E-state index contributed by atoms with van der Waals surface area (Å²) in [5.74, 6) is 0.0917. The van der Waals surface area contributed by atoms with Gasteiger partial charge < -0.3 is 4.90 Å². The lowest BCUT2D eigenvalue weighted by Gasteiger charge is -2.08. The number of amides is 1. The van der Waals surface area contributed by atoms with E-state index in [1.807, 2.05) is 19.2 Å². The molecule has 1 aromatic heterocycles. The third-order valence-corrected chi connectivity index (χ3v) is 3.85. The Morgan fingerprint density at radius 1 is 1.54 bits per heavy atom. The first kappa shape index (κ1) is 10.6. The molecule has 1 rings (SSSR count). The highest BCUT2D eigenvalue weighted by Crippen LogP contribution is 2.29. The maximum Gasteiger partial charge on any atom is 0.254 e. The lowest BCUT2D eigenvalue weighted by atomic mass is 10.2. The minimum atomic E-state index is 0.0917. The van der Waals surface area contributed by atoms with Gasteiger partial charge in [0.15, 0.2) is 0 Å². The van der Waals surface area contributed by atoms with Crippen molar-refractivity contribution in [3.63, 3.8) is 0 Å². The van der Waals surface area contributed by atoms with E-state index in [1.165, 1.54) is 4.21 Å². The molecular formula is C9H13NOS2. The van der Waals surface area contributed by atoms with E-state index in [4.69, 9.17) is 0 Å². The van der Waals surface area contributed by atoms with Gasteiger partial charge in [-0.05, 0) is 19.2 Å². The molecular weight excluding hydrogens is 202 g/mol. The van der Waals surface area contributed by atoms with Crippen molar-refractivity contribution in [3.8, 4) is 0 Å². The number of rotatable bonds is 2. The number of carbonyl (C=O) groups excluding carboxylic acids is 1.